The van der Waals surface area contributed by atoms with Gasteiger partial charge in [-0.1, -0.05) is 36.4 Å². The van der Waals surface area contributed by atoms with Gasteiger partial charge in [-0.05, 0) is 70.1 Å². The van der Waals surface area contributed by atoms with Crippen molar-refractivity contribution in [2.75, 3.05) is 0 Å². The summed E-state index contributed by atoms with van der Waals surface area (Å²) in [6, 6.07) is 9.27. The van der Waals surface area contributed by atoms with Crippen LogP contribution in [0.25, 0.3) is 0 Å². The number of rotatable bonds is 9. The van der Waals surface area contributed by atoms with E-state index in [1.54, 1.807) is 29.7 Å². The average Bonchev–Trinajstić information content (AvgIpc) is 3.71. The van der Waals surface area contributed by atoms with Crippen molar-refractivity contribution in [2.24, 2.45) is 4.40 Å². The minimum Gasteiger partial charge on any atom is -0.447 e. The minimum atomic E-state index is -3.64. The average molecular weight is 612 g/mol. The van der Waals surface area contributed by atoms with Crippen molar-refractivity contribution in [3.8, 4) is 0 Å². The molecule has 0 radical (unpaired) electrons. The van der Waals surface area contributed by atoms with E-state index in [0.29, 0.717) is 30.8 Å². The summed E-state index contributed by atoms with van der Waals surface area (Å²) in [7, 11) is -3.64. The van der Waals surface area contributed by atoms with E-state index < -0.39 is 15.3 Å². The van der Waals surface area contributed by atoms with Crippen molar-refractivity contribution in [1.82, 2.24) is 20.9 Å². The second-order valence-electron chi connectivity index (χ2n) is 11.2. The molecule has 3 N–H and O–H groups in total. The molecule has 1 aromatic heterocycles. The van der Waals surface area contributed by atoms with Gasteiger partial charge in [-0.3, -0.25) is 0 Å². The number of nitrogens with one attached hydrogen (secondary N) is 3. The second-order valence-corrected chi connectivity index (χ2v) is 14.2. The molecule has 0 spiro atoms. The summed E-state index contributed by atoms with van der Waals surface area (Å²) in [5.41, 5.74) is 1.81. The van der Waals surface area contributed by atoms with Crippen LogP contribution in [0.5, 0.6) is 0 Å². The number of hydrogen-bond donors (Lipinski definition) is 3. The molecule has 1 atom stereocenters. The van der Waals surface area contributed by atoms with Gasteiger partial charge in [0, 0.05) is 35.3 Å². The van der Waals surface area contributed by atoms with Crippen LogP contribution in [0.1, 0.15) is 79.7 Å². The first-order valence-electron chi connectivity index (χ1n) is 14.4. The summed E-state index contributed by atoms with van der Waals surface area (Å²) in [6.45, 7) is 4.02. The van der Waals surface area contributed by atoms with Crippen LogP contribution in [0.4, 0.5) is 9.59 Å². The van der Waals surface area contributed by atoms with Gasteiger partial charge in [0.2, 0.25) is 0 Å². The van der Waals surface area contributed by atoms with Gasteiger partial charge in [0.05, 0.1) is 28.0 Å². The summed E-state index contributed by atoms with van der Waals surface area (Å²) < 4.78 is 35.1. The first-order valence-corrected chi connectivity index (χ1v) is 16.7. The van der Waals surface area contributed by atoms with E-state index in [1.165, 1.54) is 0 Å². The standard InChI is InChI=1S/C30H37N5O5S2/c1-19(2)40-30(37)34-22-10-8-21(9-11-22)28-31-18-27(41-28)25-15-12-23(16-26(25)35-42(38,39)24-13-14-24)33-29(36)32-17-20-6-4-3-5-7-20/h3-7,12,15-16,18-19,21-22,24-25H,8-11,13-14,17H2,1-2H3,(H,34,37)(H2,32,33,36). The van der Waals surface area contributed by atoms with E-state index in [0.717, 1.165) is 41.1 Å². The highest BCUT2D eigenvalue weighted by molar-refractivity contribution is 7.91. The van der Waals surface area contributed by atoms with Crippen LogP contribution in [-0.2, 0) is 21.3 Å². The molecule has 224 valence electrons. The third-order valence-electron chi connectivity index (χ3n) is 7.41. The van der Waals surface area contributed by atoms with E-state index in [-0.39, 0.29) is 36.1 Å². The predicted molar refractivity (Wildman–Crippen MR) is 163 cm³/mol. The number of alkyl carbamates (subject to hydrolysis) is 1. The van der Waals surface area contributed by atoms with Crippen molar-refractivity contribution in [3.05, 3.63) is 75.9 Å². The van der Waals surface area contributed by atoms with Gasteiger partial charge in [0.1, 0.15) is 0 Å². The summed E-state index contributed by atoms with van der Waals surface area (Å²) in [4.78, 5) is 30.1. The number of benzene rings is 1. The Morgan fingerprint density at radius 2 is 1.83 bits per heavy atom. The van der Waals surface area contributed by atoms with Crippen LogP contribution in [-0.4, -0.2) is 48.6 Å². The van der Waals surface area contributed by atoms with Gasteiger partial charge in [0.15, 0.2) is 0 Å². The Morgan fingerprint density at radius 3 is 2.52 bits per heavy atom. The highest BCUT2D eigenvalue weighted by Gasteiger charge is 2.37. The fourth-order valence-electron chi connectivity index (χ4n) is 5.07. The fourth-order valence-corrected chi connectivity index (χ4v) is 7.59. The Morgan fingerprint density at radius 1 is 1.10 bits per heavy atom. The maximum atomic E-state index is 12.9. The normalized spacial score (nSPS) is 23.4. The Hall–Kier alpha value is -3.51. The number of urea groups is 1. The van der Waals surface area contributed by atoms with Gasteiger partial charge in [0.25, 0.3) is 10.0 Å². The molecule has 2 aromatic rings. The van der Waals surface area contributed by atoms with E-state index in [9.17, 15) is 18.0 Å². The summed E-state index contributed by atoms with van der Waals surface area (Å²) in [5, 5.41) is 9.14. The lowest BCUT2D eigenvalue weighted by atomic mass is 9.86. The number of hydrogen-bond acceptors (Lipinski definition) is 7. The summed E-state index contributed by atoms with van der Waals surface area (Å²) >= 11 is 1.57. The molecule has 0 aliphatic heterocycles. The Bertz CT molecular complexity index is 1470. The highest BCUT2D eigenvalue weighted by Crippen LogP contribution is 2.39. The van der Waals surface area contributed by atoms with Crippen LogP contribution in [0.15, 0.2) is 64.9 Å². The van der Waals surface area contributed by atoms with E-state index >= 15 is 0 Å². The minimum absolute atomic E-state index is 0.0838. The SMILES string of the molecule is CC(C)OC(=O)NC1CCC(c2ncc(C3C=CC(NC(=O)NCc4ccccc4)=CC3=NS(=O)(=O)C3CC3)s2)CC1. The lowest BCUT2D eigenvalue weighted by molar-refractivity contribution is 0.109. The van der Waals surface area contributed by atoms with Crippen molar-refractivity contribution >= 4 is 39.2 Å². The molecular weight excluding hydrogens is 574 g/mol. The van der Waals surface area contributed by atoms with Crippen LogP contribution >= 0.6 is 11.3 Å². The number of ether oxygens (including phenoxy) is 1. The predicted octanol–water partition coefficient (Wildman–Crippen LogP) is 5.27. The van der Waals surface area contributed by atoms with Crippen molar-refractivity contribution < 1.29 is 22.7 Å². The lowest BCUT2D eigenvalue weighted by Gasteiger charge is -2.28. The Kier molecular flexibility index (Phi) is 9.42. The highest BCUT2D eigenvalue weighted by atomic mass is 32.2. The van der Waals surface area contributed by atoms with Crippen molar-refractivity contribution in [3.63, 3.8) is 0 Å². The number of amides is 3. The van der Waals surface area contributed by atoms with Gasteiger partial charge in [-0.2, -0.15) is 4.40 Å². The molecule has 3 amide bonds. The number of sulfonamides is 1. The molecule has 3 aliphatic rings. The topological polar surface area (TPSA) is 139 Å². The van der Waals surface area contributed by atoms with Crippen LogP contribution in [0.3, 0.4) is 0 Å². The van der Waals surface area contributed by atoms with Gasteiger partial charge in [-0.25, -0.2) is 23.0 Å². The number of allylic oxidation sites excluding steroid dienone is 3. The maximum absolute atomic E-state index is 12.9. The summed E-state index contributed by atoms with van der Waals surface area (Å²) in [6.07, 6.45) is 11.3. The molecule has 1 unspecified atom stereocenters. The van der Waals surface area contributed by atoms with Gasteiger partial charge in [-0.15, -0.1) is 11.3 Å². The third kappa shape index (κ3) is 8.07. The molecule has 0 bridgehead atoms. The number of thiazole rings is 1. The van der Waals surface area contributed by atoms with Gasteiger partial charge < -0.3 is 20.7 Å². The molecular formula is C30H37N5O5S2. The zero-order valence-corrected chi connectivity index (χ0v) is 25.4. The zero-order valence-electron chi connectivity index (χ0n) is 23.8. The molecule has 10 nitrogen and oxygen atoms in total. The molecule has 1 aromatic carbocycles. The Labute approximate surface area is 250 Å². The molecule has 2 saturated carbocycles. The van der Waals surface area contributed by atoms with Crippen molar-refractivity contribution in [1.29, 1.82) is 0 Å². The molecule has 2 fully saturated rings. The van der Waals surface area contributed by atoms with Crippen LogP contribution in [0.2, 0.25) is 0 Å². The number of carbonyl (C=O) groups is 2. The second kappa shape index (κ2) is 13.2. The van der Waals surface area contributed by atoms with Crippen LogP contribution < -0.4 is 16.0 Å². The van der Waals surface area contributed by atoms with E-state index in [2.05, 4.69) is 20.3 Å². The Balaban J connectivity index is 1.25. The smallest absolute Gasteiger partial charge is 0.407 e. The van der Waals surface area contributed by atoms with Crippen molar-refractivity contribution in [2.45, 2.75) is 88.1 Å². The molecule has 3 aliphatic carbocycles. The van der Waals surface area contributed by atoms with E-state index in [4.69, 9.17) is 9.72 Å². The quantitative estimate of drug-likeness (QED) is 0.353. The molecule has 42 heavy (non-hydrogen) atoms. The zero-order chi connectivity index (χ0) is 29.7. The lowest BCUT2D eigenvalue weighted by Crippen LogP contribution is -2.38. The summed E-state index contributed by atoms with van der Waals surface area (Å²) in [5.74, 6) is -0.112. The molecule has 5 rings (SSSR count). The number of aromatic nitrogens is 1. The third-order valence-corrected chi connectivity index (χ3v) is 10.4. The largest absolute Gasteiger partial charge is 0.447 e. The van der Waals surface area contributed by atoms with Gasteiger partial charge >= 0.3 is 12.1 Å². The maximum Gasteiger partial charge on any atom is 0.407 e. The molecule has 0 saturated heterocycles. The molecule has 1 heterocycles. The first kappa shape index (κ1) is 30.0. The van der Waals surface area contributed by atoms with E-state index in [1.807, 2.05) is 50.3 Å². The number of nitrogens with zero attached hydrogens (tertiary/aromatic N) is 2. The molecule has 12 heteroatoms. The fraction of sp³-hybridized carbons (Fsp3) is 0.467. The monoisotopic (exact) mass is 611 g/mol. The number of carbonyl (C=O) groups excluding carboxylic acids is 2. The first-order chi connectivity index (χ1) is 20.2. The van der Waals surface area contributed by atoms with Crippen LogP contribution in [0, 0.1) is 0 Å².